The van der Waals surface area contributed by atoms with Gasteiger partial charge in [0.25, 0.3) is 0 Å². The van der Waals surface area contributed by atoms with Gasteiger partial charge in [-0.25, -0.2) is 4.79 Å². The van der Waals surface area contributed by atoms with Crippen LogP contribution in [0.3, 0.4) is 0 Å². The Hall–Kier alpha value is -3.22. The summed E-state index contributed by atoms with van der Waals surface area (Å²) in [7, 11) is -2.07. The molecule has 0 unspecified atom stereocenters. The van der Waals surface area contributed by atoms with Crippen molar-refractivity contribution in [2.24, 2.45) is 5.73 Å². The predicted octanol–water partition coefficient (Wildman–Crippen LogP) is 2.69. The molecule has 5 nitrogen and oxygen atoms in total. The molecule has 6 heteroatoms. The number of hydrogen-bond donors (Lipinski definition) is 2. The van der Waals surface area contributed by atoms with Crippen LogP contribution in [0.15, 0.2) is 84.9 Å². The highest BCUT2D eigenvalue weighted by Crippen LogP contribution is 2.13. The van der Waals surface area contributed by atoms with E-state index in [2.05, 4.69) is 30.8 Å². The van der Waals surface area contributed by atoms with Gasteiger partial charge in [-0.3, -0.25) is 4.79 Å². The number of carboxylic acid groups (broad SMARTS) is 1. The molecule has 0 fully saturated rings. The molecule has 3 aromatic carbocycles. The van der Waals surface area contributed by atoms with E-state index in [9.17, 15) is 9.59 Å². The maximum atomic E-state index is 12.5. The van der Waals surface area contributed by atoms with E-state index in [-0.39, 0.29) is 5.56 Å². The quantitative estimate of drug-likeness (QED) is 0.400. The van der Waals surface area contributed by atoms with Gasteiger partial charge in [-0.1, -0.05) is 89.7 Å². The highest BCUT2D eigenvalue weighted by atomic mass is 28.3. The summed E-state index contributed by atoms with van der Waals surface area (Å²) >= 11 is 0. The van der Waals surface area contributed by atoms with Crippen LogP contribution in [0.1, 0.15) is 15.9 Å². The molecule has 31 heavy (non-hydrogen) atoms. The first-order valence-corrected chi connectivity index (χ1v) is 13.0. The molecule has 0 amide bonds. The highest BCUT2D eigenvalue weighted by molar-refractivity contribution is 7.01. The molecule has 3 N–H and O–H groups in total. The van der Waals surface area contributed by atoms with E-state index in [1.54, 1.807) is 12.1 Å². The lowest BCUT2D eigenvalue weighted by Crippen LogP contribution is -2.56. The number of benzene rings is 3. The first-order chi connectivity index (χ1) is 14.9. The van der Waals surface area contributed by atoms with Crippen molar-refractivity contribution in [2.45, 2.75) is 25.1 Å². The second-order valence-electron chi connectivity index (χ2n) is 7.79. The Morgan fingerprint density at radius 1 is 0.903 bits per heavy atom. The molecule has 3 rings (SSSR count). The summed E-state index contributed by atoms with van der Waals surface area (Å²) in [5.74, 6) is -1.43. The van der Waals surface area contributed by atoms with Crippen molar-refractivity contribution in [3.8, 4) is 0 Å². The molecule has 1 atom stereocenters. The topological polar surface area (TPSA) is 89.6 Å². The molecule has 0 aromatic heterocycles. The Labute approximate surface area is 183 Å². The monoisotopic (exact) mass is 433 g/mol. The Kier molecular flexibility index (Phi) is 7.39. The Bertz CT molecular complexity index is 967. The Morgan fingerprint density at radius 2 is 1.42 bits per heavy atom. The number of aromatic carboxylic acids is 1. The lowest BCUT2D eigenvalue weighted by atomic mass is 10.0. The summed E-state index contributed by atoms with van der Waals surface area (Å²) in [6.07, 6.45) is 0.296. The molecule has 0 aliphatic heterocycles. The zero-order valence-electron chi connectivity index (χ0n) is 17.5. The zero-order chi connectivity index (χ0) is 22.3. The van der Waals surface area contributed by atoms with Crippen LogP contribution >= 0.6 is 0 Å². The third-order valence-electron chi connectivity index (χ3n) is 5.63. The molecule has 0 radical (unpaired) electrons. The average molecular weight is 434 g/mol. The van der Waals surface area contributed by atoms with Crippen molar-refractivity contribution in [2.75, 3.05) is 6.61 Å². The van der Waals surface area contributed by atoms with Crippen LogP contribution in [0.4, 0.5) is 0 Å². The fraction of sp³-hybridized carbons (Fsp3) is 0.200. The Morgan fingerprint density at radius 3 is 1.90 bits per heavy atom. The average Bonchev–Trinajstić information content (AvgIpc) is 2.80. The van der Waals surface area contributed by atoms with Gasteiger partial charge >= 0.3 is 11.9 Å². The minimum atomic E-state index is -2.07. The van der Waals surface area contributed by atoms with Crippen LogP contribution in [-0.4, -0.2) is 37.8 Å². The summed E-state index contributed by atoms with van der Waals surface area (Å²) in [5, 5.41) is 11.6. The van der Waals surface area contributed by atoms with Crippen LogP contribution < -0.4 is 16.1 Å². The molecule has 3 aromatic rings. The second-order valence-corrected chi connectivity index (χ2v) is 12.1. The van der Waals surface area contributed by atoms with Crippen molar-refractivity contribution < 1.29 is 19.4 Å². The third kappa shape index (κ3) is 5.68. The number of ether oxygens (including phenoxy) is 1. The molecule has 0 heterocycles. The van der Waals surface area contributed by atoms with E-state index in [1.165, 1.54) is 22.5 Å². The third-order valence-corrected chi connectivity index (χ3v) is 10.0. The molecule has 0 spiro atoms. The molecule has 160 valence electrons. The van der Waals surface area contributed by atoms with E-state index in [0.29, 0.717) is 13.0 Å². The minimum Gasteiger partial charge on any atom is -0.478 e. The normalized spacial score (nSPS) is 12.2. The van der Waals surface area contributed by atoms with E-state index in [0.717, 1.165) is 11.6 Å². The number of hydrogen-bond acceptors (Lipinski definition) is 4. The Balaban J connectivity index is 1.62. The van der Waals surface area contributed by atoms with Gasteiger partial charge in [0.2, 0.25) is 0 Å². The van der Waals surface area contributed by atoms with Gasteiger partial charge in [0.1, 0.15) is 14.1 Å². The number of carbonyl (C=O) groups is 2. The molecular weight excluding hydrogens is 406 g/mol. The van der Waals surface area contributed by atoms with Crippen molar-refractivity contribution in [3.05, 3.63) is 96.1 Å². The maximum absolute atomic E-state index is 12.5. The van der Waals surface area contributed by atoms with E-state index >= 15 is 0 Å². The van der Waals surface area contributed by atoms with Crippen molar-refractivity contribution >= 4 is 30.4 Å². The van der Waals surface area contributed by atoms with Gasteiger partial charge in [0.05, 0.1) is 12.2 Å². The van der Waals surface area contributed by atoms with Gasteiger partial charge < -0.3 is 15.6 Å². The van der Waals surface area contributed by atoms with E-state index in [1.807, 2.05) is 36.4 Å². The van der Waals surface area contributed by atoms with Crippen LogP contribution in [0.25, 0.3) is 0 Å². The lowest BCUT2D eigenvalue weighted by Gasteiger charge is -2.28. The predicted molar refractivity (Wildman–Crippen MR) is 125 cm³/mol. The number of esters is 1. The fourth-order valence-electron chi connectivity index (χ4n) is 3.65. The van der Waals surface area contributed by atoms with Gasteiger partial charge in [-0.15, -0.1) is 0 Å². The summed E-state index contributed by atoms with van der Waals surface area (Å²) in [6.45, 7) is 2.59. The molecule has 0 saturated heterocycles. The number of carboxylic acids is 1. The molecule has 0 aliphatic carbocycles. The summed E-state index contributed by atoms with van der Waals surface area (Å²) in [5.41, 5.74) is 7.03. The van der Waals surface area contributed by atoms with E-state index in [4.69, 9.17) is 15.6 Å². The molecular formula is C25H27NO4Si. The SMILES string of the molecule is C[Si](CCOC(=O)[C@@H](N)Cc1ccc(C(=O)O)cc1)(c1ccccc1)c1ccccc1. The summed E-state index contributed by atoms with van der Waals surface area (Å²) in [4.78, 5) is 23.4. The molecule has 0 bridgehead atoms. The summed E-state index contributed by atoms with van der Waals surface area (Å²) < 4.78 is 5.55. The van der Waals surface area contributed by atoms with Crippen LogP contribution in [0, 0.1) is 0 Å². The van der Waals surface area contributed by atoms with Gasteiger partial charge in [-0.2, -0.15) is 0 Å². The van der Waals surface area contributed by atoms with E-state index < -0.39 is 26.1 Å². The van der Waals surface area contributed by atoms with Crippen LogP contribution in [0.5, 0.6) is 0 Å². The standard InChI is InChI=1S/C25H27NO4Si/c1-31(21-8-4-2-5-9-21,22-10-6-3-7-11-22)17-16-30-25(29)23(26)18-19-12-14-20(15-13-19)24(27)28/h2-15,23H,16-18,26H2,1H3,(H,27,28)/t23-/m0/s1. The van der Waals surface area contributed by atoms with Gasteiger partial charge in [0, 0.05) is 0 Å². The first-order valence-electron chi connectivity index (χ1n) is 10.3. The van der Waals surface area contributed by atoms with Crippen molar-refractivity contribution in [1.29, 1.82) is 0 Å². The highest BCUT2D eigenvalue weighted by Gasteiger charge is 2.32. The smallest absolute Gasteiger partial charge is 0.335 e. The summed E-state index contributed by atoms with van der Waals surface area (Å²) in [6, 6.07) is 27.1. The largest absolute Gasteiger partial charge is 0.478 e. The van der Waals surface area contributed by atoms with Gasteiger partial charge in [-0.05, 0) is 30.2 Å². The number of rotatable bonds is 9. The zero-order valence-corrected chi connectivity index (χ0v) is 18.5. The molecule has 0 aliphatic rings. The van der Waals surface area contributed by atoms with Crippen molar-refractivity contribution in [3.63, 3.8) is 0 Å². The number of nitrogens with two attached hydrogens (primary N) is 1. The number of carbonyl (C=O) groups excluding carboxylic acids is 1. The second kappa shape index (κ2) is 10.2. The first kappa shape index (κ1) is 22.5. The van der Waals surface area contributed by atoms with Crippen LogP contribution in [0.2, 0.25) is 12.6 Å². The minimum absolute atomic E-state index is 0.200. The van der Waals surface area contributed by atoms with Crippen molar-refractivity contribution in [1.82, 2.24) is 0 Å². The lowest BCUT2D eigenvalue weighted by molar-refractivity contribution is -0.144. The van der Waals surface area contributed by atoms with Crippen LogP contribution in [-0.2, 0) is 16.0 Å². The van der Waals surface area contributed by atoms with Gasteiger partial charge in [0.15, 0.2) is 0 Å². The molecule has 0 saturated carbocycles. The fourth-order valence-corrected chi connectivity index (χ4v) is 6.93. The maximum Gasteiger partial charge on any atom is 0.335 e.